The molecule has 0 radical (unpaired) electrons. The van der Waals surface area contributed by atoms with Crippen molar-refractivity contribution in [1.82, 2.24) is 19.9 Å². The van der Waals surface area contributed by atoms with E-state index >= 15 is 0 Å². The van der Waals surface area contributed by atoms with Gasteiger partial charge in [0.15, 0.2) is 0 Å². The lowest BCUT2D eigenvalue weighted by atomic mass is 10.2. The first kappa shape index (κ1) is 19.8. The van der Waals surface area contributed by atoms with Crippen LogP contribution in [0.15, 0.2) is 35.1 Å². The van der Waals surface area contributed by atoms with Crippen LogP contribution in [0, 0.1) is 0 Å². The third-order valence-corrected chi connectivity index (χ3v) is 6.13. The average Bonchev–Trinajstić information content (AvgIpc) is 3.33. The summed E-state index contributed by atoms with van der Waals surface area (Å²) in [6, 6.07) is 8.68. The van der Waals surface area contributed by atoms with Gasteiger partial charge in [0.05, 0.1) is 0 Å². The summed E-state index contributed by atoms with van der Waals surface area (Å²) in [6.07, 6.45) is 3.34. The van der Waals surface area contributed by atoms with E-state index in [0.29, 0.717) is 21.7 Å². The lowest BCUT2D eigenvalue weighted by molar-refractivity contribution is -0.122. The molecule has 1 fully saturated rings. The number of fused-ring (bicyclic) bond motifs is 1. The number of nitrogens with zero attached hydrogens (tertiary/aromatic N) is 4. The predicted octanol–water partition coefficient (Wildman–Crippen LogP) is 3.04. The first-order chi connectivity index (χ1) is 14.0. The van der Waals surface area contributed by atoms with Gasteiger partial charge < -0.3 is 10.2 Å². The zero-order valence-electron chi connectivity index (χ0n) is 16.1. The quantitative estimate of drug-likeness (QED) is 0.648. The summed E-state index contributed by atoms with van der Waals surface area (Å²) in [6.45, 7) is 3.20. The number of aryl methyl sites for hydroxylation is 1. The molecule has 1 N–H and O–H groups in total. The molecule has 1 aliphatic heterocycles. The van der Waals surface area contributed by atoms with Gasteiger partial charge in [-0.05, 0) is 37.0 Å². The molecule has 9 heteroatoms. The maximum Gasteiger partial charge on any atom is 0.275 e. The molecule has 0 bridgehead atoms. The highest BCUT2D eigenvalue weighted by molar-refractivity contribution is 7.20. The van der Waals surface area contributed by atoms with Crippen molar-refractivity contribution in [3.8, 4) is 0 Å². The van der Waals surface area contributed by atoms with E-state index in [1.165, 1.54) is 15.9 Å². The van der Waals surface area contributed by atoms with Crippen molar-refractivity contribution in [3.05, 3.63) is 57.0 Å². The standard InChI is InChI=1S/C20H22ClN5O2S/c1-2-5-15-11-17(27)26-19(23-15)29-20(24-26)25-9-4-8-16(25)18(28)22-12-13-6-3-7-14(21)10-13/h3,6-7,10-11,16H,2,4-5,8-9,12H2,1H3,(H,22,28)/t16-/m1/s1. The molecule has 152 valence electrons. The van der Waals surface area contributed by atoms with E-state index < -0.39 is 0 Å². The van der Waals surface area contributed by atoms with Gasteiger partial charge in [-0.25, -0.2) is 4.98 Å². The maximum atomic E-state index is 12.8. The van der Waals surface area contributed by atoms with Gasteiger partial charge in [0.1, 0.15) is 6.04 Å². The van der Waals surface area contributed by atoms with E-state index in [-0.39, 0.29) is 17.5 Å². The first-order valence-corrected chi connectivity index (χ1v) is 10.9. The van der Waals surface area contributed by atoms with Crippen molar-refractivity contribution in [2.45, 2.75) is 45.2 Å². The molecule has 0 spiro atoms. The fourth-order valence-electron chi connectivity index (χ4n) is 3.57. The largest absolute Gasteiger partial charge is 0.350 e. The number of aromatic nitrogens is 3. The van der Waals surface area contributed by atoms with Crippen LogP contribution in [-0.4, -0.2) is 33.1 Å². The van der Waals surface area contributed by atoms with Crippen molar-refractivity contribution in [2.24, 2.45) is 0 Å². The molecule has 0 saturated carbocycles. The molecule has 1 aromatic carbocycles. The summed E-state index contributed by atoms with van der Waals surface area (Å²) in [4.78, 5) is 32.3. The summed E-state index contributed by atoms with van der Waals surface area (Å²) >= 11 is 7.37. The van der Waals surface area contributed by atoms with Gasteiger partial charge >= 0.3 is 0 Å². The molecule has 1 atom stereocenters. The van der Waals surface area contributed by atoms with E-state index in [4.69, 9.17) is 11.6 Å². The highest BCUT2D eigenvalue weighted by Crippen LogP contribution is 2.29. The van der Waals surface area contributed by atoms with Gasteiger partial charge in [-0.2, -0.15) is 4.52 Å². The minimum Gasteiger partial charge on any atom is -0.350 e. The van der Waals surface area contributed by atoms with E-state index in [9.17, 15) is 9.59 Å². The predicted molar refractivity (Wildman–Crippen MR) is 115 cm³/mol. The molecule has 1 saturated heterocycles. The Balaban J connectivity index is 1.52. The van der Waals surface area contributed by atoms with Crippen LogP contribution >= 0.6 is 22.9 Å². The van der Waals surface area contributed by atoms with Crippen molar-refractivity contribution >= 4 is 38.9 Å². The topological polar surface area (TPSA) is 79.6 Å². The van der Waals surface area contributed by atoms with Gasteiger partial charge in [-0.15, -0.1) is 5.10 Å². The number of anilines is 1. The van der Waals surface area contributed by atoms with Crippen LogP contribution in [0.3, 0.4) is 0 Å². The molecule has 29 heavy (non-hydrogen) atoms. The number of carbonyl (C=O) groups is 1. The normalized spacial score (nSPS) is 16.5. The Morgan fingerprint density at radius 1 is 1.38 bits per heavy atom. The zero-order valence-corrected chi connectivity index (χ0v) is 17.7. The molecular weight excluding hydrogens is 410 g/mol. The number of nitrogens with one attached hydrogen (secondary N) is 1. The van der Waals surface area contributed by atoms with Crippen molar-refractivity contribution < 1.29 is 4.79 Å². The molecule has 3 heterocycles. The molecule has 2 aromatic heterocycles. The Hall–Kier alpha value is -2.45. The third-order valence-electron chi connectivity index (χ3n) is 4.95. The summed E-state index contributed by atoms with van der Waals surface area (Å²) < 4.78 is 1.33. The van der Waals surface area contributed by atoms with Crippen molar-refractivity contribution in [1.29, 1.82) is 0 Å². The van der Waals surface area contributed by atoms with Crippen LogP contribution in [0.2, 0.25) is 5.02 Å². The summed E-state index contributed by atoms with van der Waals surface area (Å²) in [7, 11) is 0. The number of hydrogen-bond acceptors (Lipinski definition) is 6. The van der Waals surface area contributed by atoms with Crippen LogP contribution in [0.1, 0.15) is 37.4 Å². The zero-order chi connectivity index (χ0) is 20.4. The van der Waals surface area contributed by atoms with Crippen LogP contribution in [0.5, 0.6) is 0 Å². The minimum absolute atomic E-state index is 0.0475. The molecule has 1 aliphatic rings. The van der Waals surface area contributed by atoms with E-state index in [1.54, 1.807) is 12.1 Å². The van der Waals surface area contributed by atoms with Crippen LogP contribution in [-0.2, 0) is 17.8 Å². The van der Waals surface area contributed by atoms with E-state index in [2.05, 4.69) is 22.3 Å². The maximum absolute atomic E-state index is 12.8. The Kier molecular flexibility index (Phi) is 5.82. The molecule has 1 amide bonds. The number of amides is 1. The second kappa shape index (κ2) is 8.51. The highest BCUT2D eigenvalue weighted by Gasteiger charge is 2.33. The monoisotopic (exact) mass is 431 g/mol. The second-order valence-electron chi connectivity index (χ2n) is 7.11. The summed E-state index contributed by atoms with van der Waals surface area (Å²) in [5.41, 5.74) is 1.56. The Morgan fingerprint density at radius 3 is 3.03 bits per heavy atom. The smallest absolute Gasteiger partial charge is 0.275 e. The lowest BCUT2D eigenvalue weighted by Gasteiger charge is -2.22. The fourth-order valence-corrected chi connectivity index (χ4v) is 4.78. The first-order valence-electron chi connectivity index (χ1n) is 9.73. The van der Waals surface area contributed by atoms with Crippen LogP contribution in [0.4, 0.5) is 5.13 Å². The van der Waals surface area contributed by atoms with Gasteiger partial charge in [-0.3, -0.25) is 9.59 Å². The lowest BCUT2D eigenvalue weighted by Crippen LogP contribution is -2.43. The Morgan fingerprint density at radius 2 is 2.24 bits per heavy atom. The summed E-state index contributed by atoms with van der Waals surface area (Å²) in [5.74, 6) is -0.0475. The molecular formula is C20H22ClN5O2S. The summed E-state index contributed by atoms with van der Waals surface area (Å²) in [5, 5.41) is 8.74. The van der Waals surface area contributed by atoms with Crippen LogP contribution < -0.4 is 15.8 Å². The molecule has 4 rings (SSSR count). The Bertz CT molecular complexity index is 1100. The Labute approximate surface area is 177 Å². The van der Waals surface area contributed by atoms with Gasteiger partial charge in [-0.1, -0.05) is 48.4 Å². The SMILES string of the molecule is CCCc1cc(=O)n2nc(N3CCC[C@@H]3C(=O)NCc3cccc(Cl)c3)sc2n1. The van der Waals surface area contributed by atoms with Crippen molar-refractivity contribution in [3.63, 3.8) is 0 Å². The number of hydrogen-bond donors (Lipinski definition) is 1. The second-order valence-corrected chi connectivity index (χ2v) is 8.48. The number of benzene rings is 1. The average molecular weight is 432 g/mol. The molecule has 7 nitrogen and oxygen atoms in total. The highest BCUT2D eigenvalue weighted by atomic mass is 35.5. The molecule has 0 unspecified atom stereocenters. The van der Waals surface area contributed by atoms with Crippen LogP contribution in [0.25, 0.3) is 4.96 Å². The van der Waals surface area contributed by atoms with Gasteiger partial charge in [0.25, 0.3) is 5.56 Å². The van der Waals surface area contributed by atoms with E-state index in [1.807, 2.05) is 23.1 Å². The minimum atomic E-state index is -0.305. The van der Waals surface area contributed by atoms with Gasteiger partial charge in [0, 0.05) is 29.9 Å². The van der Waals surface area contributed by atoms with Gasteiger partial charge in [0.2, 0.25) is 16.0 Å². The molecule has 3 aromatic rings. The number of carbonyl (C=O) groups excluding carboxylic acids is 1. The number of halogens is 1. The van der Waals surface area contributed by atoms with Crippen molar-refractivity contribution in [2.75, 3.05) is 11.4 Å². The van der Waals surface area contributed by atoms with E-state index in [0.717, 1.165) is 43.5 Å². The fraction of sp³-hybridized carbons (Fsp3) is 0.400. The third kappa shape index (κ3) is 4.28. The number of rotatable bonds is 6. The molecule has 0 aliphatic carbocycles.